The van der Waals surface area contributed by atoms with Gasteiger partial charge in [-0.05, 0) is 39.0 Å². The van der Waals surface area contributed by atoms with Gasteiger partial charge in [-0.15, -0.1) is 0 Å². The number of carbonyl (C=O) groups is 1. The molecule has 3 atom stereocenters. The Kier molecular flexibility index (Phi) is 3.73. The van der Waals surface area contributed by atoms with E-state index in [4.69, 9.17) is 14.2 Å². The lowest BCUT2D eigenvalue weighted by Gasteiger charge is -2.27. The number of rotatable bonds is 2. The van der Waals surface area contributed by atoms with Crippen molar-refractivity contribution >= 4 is 5.97 Å². The fraction of sp³-hybridized carbons (Fsp3) is 0.923. The van der Waals surface area contributed by atoms with Crippen molar-refractivity contribution in [1.82, 2.24) is 0 Å². The third-order valence-corrected chi connectivity index (χ3v) is 3.44. The average molecular weight is 242 g/mol. The first-order valence-electron chi connectivity index (χ1n) is 6.48. The van der Waals surface area contributed by atoms with E-state index in [1.54, 1.807) is 0 Å². The van der Waals surface area contributed by atoms with Crippen molar-refractivity contribution in [2.24, 2.45) is 5.92 Å². The second-order valence-corrected chi connectivity index (χ2v) is 5.65. The number of ether oxygens (including phenoxy) is 3. The summed E-state index contributed by atoms with van der Waals surface area (Å²) in [5.41, 5.74) is 0. The van der Waals surface area contributed by atoms with Gasteiger partial charge in [-0.1, -0.05) is 13.3 Å². The minimum Gasteiger partial charge on any atom is -0.460 e. The van der Waals surface area contributed by atoms with Gasteiger partial charge in [-0.25, -0.2) is 4.79 Å². The summed E-state index contributed by atoms with van der Waals surface area (Å²) < 4.78 is 16.3. The minimum absolute atomic E-state index is 0.0681. The first-order valence-corrected chi connectivity index (χ1v) is 6.48. The molecular formula is C13H22O4. The van der Waals surface area contributed by atoms with Crippen LogP contribution in [0.3, 0.4) is 0 Å². The SMILES string of the molecule is CC1CCCC(OC(=O)C2COC(C)(C)O2)C1. The Labute approximate surface area is 103 Å². The zero-order valence-electron chi connectivity index (χ0n) is 10.9. The van der Waals surface area contributed by atoms with Crippen LogP contribution in [0.1, 0.15) is 46.5 Å². The highest BCUT2D eigenvalue weighted by Crippen LogP contribution is 2.28. The molecule has 17 heavy (non-hydrogen) atoms. The highest BCUT2D eigenvalue weighted by Gasteiger charge is 2.39. The Bertz CT molecular complexity index is 287. The van der Waals surface area contributed by atoms with Crippen molar-refractivity contribution in [2.75, 3.05) is 6.61 Å². The van der Waals surface area contributed by atoms with E-state index in [1.807, 2.05) is 13.8 Å². The molecule has 1 saturated heterocycles. The van der Waals surface area contributed by atoms with Crippen LogP contribution < -0.4 is 0 Å². The fourth-order valence-corrected chi connectivity index (χ4v) is 2.53. The third-order valence-electron chi connectivity index (χ3n) is 3.44. The van der Waals surface area contributed by atoms with Crippen LogP contribution >= 0.6 is 0 Å². The van der Waals surface area contributed by atoms with Crippen molar-refractivity contribution in [3.05, 3.63) is 0 Å². The van der Waals surface area contributed by atoms with Gasteiger partial charge >= 0.3 is 5.97 Å². The van der Waals surface area contributed by atoms with E-state index in [0.29, 0.717) is 12.5 Å². The molecule has 0 N–H and O–H groups in total. The zero-order chi connectivity index (χ0) is 12.5. The average Bonchev–Trinajstić information content (AvgIpc) is 2.59. The van der Waals surface area contributed by atoms with Crippen LogP contribution in [0.2, 0.25) is 0 Å². The number of hydrogen-bond acceptors (Lipinski definition) is 4. The Balaban J connectivity index is 1.81. The molecule has 1 heterocycles. The monoisotopic (exact) mass is 242 g/mol. The summed E-state index contributed by atoms with van der Waals surface area (Å²) in [5, 5.41) is 0. The van der Waals surface area contributed by atoms with Crippen molar-refractivity contribution in [1.29, 1.82) is 0 Å². The van der Waals surface area contributed by atoms with Crippen LogP contribution in [-0.2, 0) is 19.0 Å². The van der Waals surface area contributed by atoms with Crippen molar-refractivity contribution < 1.29 is 19.0 Å². The fourth-order valence-electron chi connectivity index (χ4n) is 2.53. The van der Waals surface area contributed by atoms with Crippen molar-refractivity contribution in [2.45, 2.75) is 64.4 Å². The summed E-state index contributed by atoms with van der Waals surface area (Å²) in [5.74, 6) is -0.280. The maximum atomic E-state index is 11.9. The number of hydrogen-bond donors (Lipinski definition) is 0. The molecule has 2 rings (SSSR count). The van der Waals surface area contributed by atoms with Gasteiger partial charge in [0, 0.05) is 0 Å². The van der Waals surface area contributed by atoms with Gasteiger partial charge in [-0.2, -0.15) is 0 Å². The molecule has 0 aromatic heterocycles. The molecule has 0 bridgehead atoms. The molecular weight excluding hydrogens is 220 g/mol. The van der Waals surface area contributed by atoms with E-state index in [9.17, 15) is 4.79 Å². The maximum Gasteiger partial charge on any atom is 0.338 e. The van der Waals surface area contributed by atoms with Crippen molar-refractivity contribution in [3.63, 3.8) is 0 Å². The van der Waals surface area contributed by atoms with Gasteiger partial charge in [-0.3, -0.25) is 0 Å². The quantitative estimate of drug-likeness (QED) is 0.697. The van der Waals surface area contributed by atoms with Gasteiger partial charge in [0.2, 0.25) is 0 Å². The summed E-state index contributed by atoms with van der Waals surface area (Å²) in [7, 11) is 0. The normalized spacial score (nSPS) is 36.8. The van der Waals surface area contributed by atoms with Gasteiger partial charge in [0.25, 0.3) is 0 Å². The third kappa shape index (κ3) is 3.42. The second kappa shape index (κ2) is 4.94. The van der Waals surface area contributed by atoms with Crippen LogP contribution in [0.4, 0.5) is 0 Å². The molecule has 0 spiro atoms. The molecule has 98 valence electrons. The minimum atomic E-state index is -0.663. The number of carbonyl (C=O) groups excluding carboxylic acids is 1. The summed E-state index contributed by atoms with van der Waals surface area (Å²) >= 11 is 0. The zero-order valence-corrected chi connectivity index (χ0v) is 10.9. The molecule has 0 aromatic carbocycles. The molecule has 2 fully saturated rings. The Morgan fingerprint density at radius 1 is 1.35 bits per heavy atom. The van der Waals surface area contributed by atoms with Gasteiger partial charge < -0.3 is 14.2 Å². The molecule has 0 aromatic rings. The van der Waals surface area contributed by atoms with E-state index in [1.165, 1.54) is 6.42 Å². The smallest absolute Gasteiger partial charge is 0.338 e. The maximum absolute atomic E-state index is 11.9. The summed E-state index contributed by atoms with van der Waals surface area (Å²) in [4.78, 5) is 11.9. The number of esters is 1. The topological polar surface area (TPSA) is 44.8 Å². The molecule has 4 nitrogen and oxygen atoms in total. The Hall–Kier alpha value is -0.610. The van der Waals surface area contributed by atoms with Crippen LogP contribution in [-0.4, -0.2) is 30.6 Å². The predicted octanol–water partition coefficient (Wildman–Crippen LogP) is 2.26. The van der Waals surface area contributed by atoms with Crippen LogP contribution in [0, 0.1) is 5.92 Å². The highest BCUT2D eigenvalue weighted by atomic mass is 16.8. The van der Waals surface area contributed by atoms with E-state index >= 15 is 0 Å². The Morgan fingerprint density at radius 2 is 2.12 bits per heavy atom. The van der Waals surface area contributed by atoms with Gasteiger partial charge in [0.15, 0.2) is 11.9 Å². The highest BCUT2D eigenvalue weighted by molar-refractivity contribution is 5.75. The van der Waals surface area contributed by atoms with E-state index in [-0.39, 0.29) is 12.1 Å². The van der Waals surface area contributed by atoms with E-state index in [0.717, 1.165) is 19.3 Å². The Morgan fingerprint density at radius 3 is 2.71 bits per heavy atom. The molecule has 2 aliphatic rings. The van der Waals surface area contributed by atoms with Crippen LogP contribution in [0.5, 0.6) is 0 Å². The molecule has 0 radical (unpaired) electrons. The molecule has 1 aliphatic carbocycles. The van der Waals surface area contributed by atoms with Crippen LogP contribution in [0.15, 0.2) is 0 Å². The lowest BCUT2D eigenvalue weighted by Crippen LogP contribution is -2.33. The molecule has 0 amide bonds. The predicted molar refractivity (Wildman–Crippen MR) is 62.4 cm³/mol. The largest absolute Gasteiger partial charge is 0.460 e. The lowest BCUT2D eigenvalue weighted by atomic mass is 9.89. The lowest BCUT2D eigenvalue weighted by molar-refractivity contribution is -0.175. The summed E-state index contributed by atoms with van der Waals surface area (Å²) in [6.07, 6.45) is 3.85. The first-order chi connectivity index (χ1) is 7.96. The summed E-state index contributed by atoms with van der Waals surface area (Å²) in [6.45, 7) is 6.12. The molecule has 4 heteroatoms. The first kappa shape index (κ1) is 12.8. The van der Waals surface area contributed by atoms with Crippen molar-refractivity contribution in [3.8, 4) is 0 Å². The van der Waals surface area contributed by atoms with E-state index in [2.05, 4.69) is 6.92 Å². The van der Waals surface area contributed by atoms with Crippen LogP contribution in [0.25, 0.3) is 0 Å². The molecule has 1 aliphatic heterocycles. The summed E-state index contributed by atoms with van der Waals surface area (Å²) in [6, 6.07) is 0. The molecule has 3 unspecified atom stereocenters. The standard InChI is InChI=1S/C13H22O4/c1-9-5-4-6-10(7-9)16-12(14)11-8-15-13(2,3)17-11/h9-11H,4-8H2,1-3H3. The second-order valence-electron chi connectivity index (χ2n) is 5.65. The van der Waals surface area contributed by atoms with E-state index < -0.39 is 11.9 Å². The van der Waals surface area contributed by atoms with Gasteiger partial charge in [0.05, 0.1) is 6.61 Å². The van der Waals surface area contributed by atoms with Gasteiger partial charge in [0.1, 0.15) is 6.10 Å². The molecule has 1 saturated carbocycles.